The highest BCUT2D eigenvalue weighted by atomic mass is 32.2. The maximum Gasteiger partial charge on any atom is 0.346 e. The molecule has 0 saturated carbocycles. The van der Waals surface area contributed by atoms with E-state index in [1.54, 1.807) is 0 Å². The molecule has 0 atom stereocenters. The molecule has 0 fully saturated rings. The zero-order chi connectivity index (χ0) is 16.0. The van der Waals surface area contributed by atoms with Crippen molar-refractivity contribution in [1.29, 1.82) is 0 Å². The van der Waals surface area contributed by atoms with Crippen LogP contribution in [0.2, 0.25) is 0 Å². The van der Waals surface area contributed by atoms with Crippen LogP contribution in [0.4, 0.5) is 0 Å². The number of carboxylic acid groups (broad SMARTS) is 1. The largest absolute Gasteiger partial charge is 0.478 e. The smallest absolute Gasteiger partial charge is 0.346 e. The van der Waals surface area contributed by atoms with Crippen molar-refractivity contribution >= 4 is 28.0 Å². The van der Waals surface area contributed by atoms with Crippen molar-refractivity contribution in [3.63, 3.8) is 0 Å². The fourth-order valence-corrected chi connectivity index (χ4v) is 2.51. The number of rotatable bonds is 7. The van der Waals surface area contributed by atoms with Crippen molar-refractivity contribution in [3.05, 3.63) is 24.8 Å². The maximum absolute atomic E-state index is 11.6. The normalized spacial score (nSPS) is 11.9. The molecule has 0 aliphatic rings. The topological polar surface area (TPSA) is 127 Å². The van der Waals surface area contributed by atoms with E-state index in [0.29, 0.717) is 12.2 Å². The van der Waals surface area contributed by atoms with Crippen molar-refractivity contribution in [2.75, 3.05) is 5.75 Å². The number of aliphatic carboxylic acids is 1. The van der Waals surface area contributed by atoms with Gasteiger partial charge in [0, 0.05) is 12.2 Å². The first-order valence-electron chi connectivity index (χ1n) is 5.29. The molecule has 0 aromatic heterocycles. The molecule has 0 rings (SSSR count). The Hall–Kier alpha value is -2.16. The summed E-state index contributed by atoms with van der Waals surface area (Å²) in [6.07, 6.45) is 1.88. The number of hydrogen-bond acceptors (Lipinski definition) is 6. The minimum absolute atomic E-state index is 0.447. The fourth-order valence-electron chi connectivity index (χ4n) is 1.18. The highest BCUT2D eigenvalue weighted by Crippen LogP contribution is 2.09. The molecule has 0 aliphatic carbocycles. The van der Waals surface area contributed by atoms with Gasteiger partial charge in [0.15, 0.2) is 0 Å². The van der Waals surface area contributed by atoms with Crippen LogP contribution in [0.15, 0.2) is 24.8 Å². The van der Waals surface area contributed by atoms with Gasteiger partial charge in [-0.3, -0.25) is 4.79 Å². The van der Waals surface area contributed by atoms with Gasteiger partial charge in [-0.1, -0.05) is 6.58 Å². The van der Waals surface area contributed by atoms with Crippen molar-refractivity contribution in [1.82, 2.24) is 5.32 Å². The summed E-state index contributed by atoms with van der Waals surface area (Å²) in [5, 5.41) is 10.6. The fraction of sp³-hybridized carbons (Fsp3) is 0.364. The minimum Gasteiger partial charge on any atom is -0.478 e. The van der Waals surface area contributed by atoms with Gasteiger partial charge >= 0.3 is 22.1 Å². The molecule has 0 unspecified atom stereocenters. The van der Waals surface area contributed by atoms with Crippen LogP contribution >= 0.6 is 0 Å². The van der Waals surface area contributed by atoms with E-state index in [-0.39, 0.29) is 0 Å². The number of carboxylic acids is 1. The van der Waals surface area contributed by atoms with Crippen LogP contribution < -0.4 is 5.32 Å². The molecule has 0 aromatic rings. The van der Waals surface area contributed by atoms with Crippen molar-refractivity contribution in [3.8, 4) is 0 Å². The third-order valence-electron chi connectivity index (χ3n) is 1.76. The summed E-state index contributed by atoms with van der Waals surface area (Å²) in [5.74, 6) is -4.01. The molecule has 0 spiro atoms. The van der Waals surface area contributed by atoms with Crippen molar-refractivity contribution < 1.29 is 32.1 Å². The highest BCUT2D eigenvalue weighted by molar-refractivity contribution is 7.87. The van der Waals surface area contributed by atoms with E-state index in [0.717, 1.165) is 6.08 Å². The molecule has 9 heteroatoms. The van der Waals surface area contributed by atoms with Crippen LogP contribution in [-0.4, -0.2) is 42.7 Å². The summed E-state index contributed by atoms with van der Waals surface area (Å²) in [4.78, 5) is 32.3. The monoisotopic (exact) mass is 305 g/mol. The first-order chi connectivity index (χ1) is 8.97. The standard InChI is InChI=1S/C11H15NO7S/c1-4-8(13)12-11(2,3)7-20(17,18)19-10(16)6-5-9(14)15/h4-6H,1,7H2,2-3H3,(H,12,13)(H,14,15)/b6-5-. The number of carbonyl (C=O) groups is 3. The van der Waals surface area contributed by atoms with Gasteiger partial charge in [-0.15, -0.1) is 0 Å². The number of carbonyl (C=O) groups excluding carboxylic acids is 2. The van der Waals surface area contributed by atoms with E-state index in [1.165, 1.54) is 13.8 Å². The molecule has 1 amide bonds. The Labute approximate surface area is 116 Å². The van der Waals surface area contributed by atoms with Gasteiger partial charge < -0.3 is 14.6 Å². The molecule has 20 heavy (non-hydrogen) atoms. The second kappa shape index (κ2) is 6.85. The minimum atomic E-state index is -4.28. The van der Waals surface area contributed by atoms with Crippen molar-refractivity contribution in [2.24, 2.45) is 0 Å². The van der Waals surface area contributed by atoms with Gasteiger partial charge in [0.25, 0.3) is 0 Å². The van der Waals surface area contributed by atoms with Gasteiger partial charge in [0.1, 0.15) is 5.75 Å². The van der Waals surface area contributed by atoms with E-state index in [4.69, 9.17) is 5.11 Å². The zero-order valence-electron chi connectivity index (χ0n) is 11.0. The SMILES string of the molecule is C=CC(=O)NC(C)(C)CS(=O)(=O)OC(=O)/C=C\C(=O)O. The quantitative estimate of drug-likeness (QED) is 0.483. The Bertz CT molecular complexity index is 545. The predicted molar refractivity (Wildman–Crippen MR) is 69.1 cm³/mol. The molecule has 0 bridgehead atoms. The second-order valence-corrected chi connectivity index (χ2v) is 5.92. The Morgan fingerprint density at radius 1 is 1.30 bits per heavy atom. The lowest BCUT2D eigenvalue weighted by Gasteiger charge is -2.24. The van der Waals surface area contributed by atoms with Gasteiger partial charge in [-0.25, -0.2) is 9.59 Å². The van der Waals surface area contributed by atoms with Crippen LogP contribution in [-0.2, 0) is 28.7 Å². The van der Waals surface area contributed by atoms with Gasteiger partial charge in [-0.2, -0.15) is 8.42 Å². The van der Waals surface area contributed by atoms with Crippen molar-refractivity contribution in [2.45, 2.75) is 19.4 Å². The number of nitrogens with one attached hydrogen (secondary N) is 1. The molecule has 2 N–H and O–H groups in total. The summed E-state index contributed by atoms with van der Waals surface area (Å²) in [7, 11) is -4.28. The molecule has 0 aliphatic heterocycles. The Morgan fingerprint density at radius 3 is 2.30 bits per heavy atom. The number of hydrogen-bond donors (Lipinski definition) is 2. The van der Waals surface area contributed by atoms with Crippen LogP contribution in [0.25, 0.3) is 0 Å². The lowest BCUT2D eigenvalue weighted by molar-refractivity contribution is -0.133. The summed E-state index contributed by atoms with van der Waals surface area (Å²) in [6, 6.07) is 0. The second-order valence-electron chi connectivity index (χ2n) is 4.35. The summed E-state index contributed by atoms with van der Waals surface area (Å²) < 4.78 is 27.3. The first-order valence-corrected chi connectivity index (χ1v) is 6.87. The lowest BCUT2D eigenvalue weighted by atomic mass is 10.1. The molecule has 8 nitrogen and oxygen atoms in total. The lowest BCUT2D eigenvalue weighted by Crippen LogP contribution is -2.48. The van der Waals surface area contributed by atoms with Crippen LogP contribution in [0.3, 0.4) is 0 Å². The van der Waals surface area contributed by atoms with E-state index in [9.17, 15) is 22.8 Å². The van der Waals surface area contributed by atoms with E-state index >= 15 is 0 Å². The van der Waals surface area contributed by atoms with Gasteiger partial charge in [0.05, 0.1) is 5.54 Å². The Kier molecular flexibility index (Phi) is 6.11. The first kappa shape index (κ1) is 17.8. The summed E-state index contributed by atoms with van der Waals surface area (Å²) in [6.45, 7) is 6.04. The molecule has 0 saturated heterocycles. The molecule has 0 radical (unpaired) electrons. The van der Waals surface area contributed by atoms with Gasteiger partial charge in [-0.05, 0) is 19.9 Å². The third-order valence-corrected chi connectivity index (χ3v) is 3.25. The van der Waals surface area contributed by atoms with Crippen LogP contribution in [0, 0.1) is 0 Å². The zero-order valence-corrected chi connectivity index (χ0v) is 11.8. The van der Waals surface area contributed by atoms with Gasteiger partial charge in [0.2, 0.25) is 5.91 Å². The van der Waals surface area contributed by atoms with E-state index < -0.39 is 39.3 Å². The average molecular weight is 305 g/mol. The van der Waals surface area contributed by atoms with Crippen LogP contribution in [0.5, 0.6) is 0 Å². The third kappa shape index (κ3) is 8.03. The summed E-state index contributed by atoms with van der Waals surface area (Å²) in [5.41, 5.74) is -1.19. The molecular formula is C11H15NO7S. The molecule has 0 heterocycles. The molecule has 112 valence electrons. The predicted octanol–water partition coefficient (Wildman–Crippen LogP) is -0.419. The average Bonchev–Trinajstić information content (AvgIpc) is 2.22. The Morgan fingerprint density at radius 2 is 1.85 bits per heavy atom. The molecule has 0 aromatic carbocycles. The van der Waals surface area contributed by atoms with E-state index in [1.807, 2.05) is 0 Å². The highest BCUT2D eigenvalue weighted by Gasteiger charge is 2.29. The Balaban J connectivity index is 4.74. The number of amides is 1. The molecular weight excluding hydrogens is 290 g/mol. The van der Waals surface area contributed by atoms with Crippen LogP contribution in [0.1, 0.15) is 13.8 Å². The summed E-state index contributed by atoms with van der Waals surface area (Å²) >= 11 is 0. The maximum atomic E-state index is 11.6. The van der Waals surface area contributed by atoms with E-state index in [2.05, 4.69) is 16.1 Å².